The fourth-order valence-corrected chi connectivity index (χ4v) is 2.80. The van der Waals surface area contributed by atoms with Crippen LogP contribution < -0.4 is 5.32 Å². The van der Waals surface area contributed by atoms with Crippen molar-refractivity contribution >= 4 is 17.5 Å². The molecule has 1 saturated heterocycles. The molecule has 1 heterocycles. The van der Waals surface area contributed by atoms with Crippen molar-refractivity contribution in [3.8, 4) is 0 Å². The maximum atomic E-state index is 12.2. The van der Waals surface area contributed by atoms with Crippen LogP contribution in [0, 0.1) is 0 Å². The van der Waals surface area contributed by atoms with Crippen LogP contribution in [0.15, 0.2) is 24.3 Å². The Balaban J connectivity index is 1.85. The van der Waals surface area contributed by atoms with Gasteiger partial charge in [0.1, 0.15) is 0 Å². The fraction of sp³-hybridized carbons (Fsp3) is 0.556. The van der Waals surface area contributed by atoms with E-state index in [1.165, 1.54) is 11.3 Å². The molecule has 6 nitrogen and oxygen atoms in total. The lowest BCUT2D eigenvalue weighted by atomic mass is 10.1. The van der Waals surface area contributed by atoms with Crippen LogP contribution in [-0.2, 0) is 9.53 Å². The predicted molar refractivity (Wildman–Crippen MR) is 94.2 cm³/mol. The molecule has 24 heavy (non-hydrogen) atoms. The van der Waals surface area contributed by atoms with E-state index < -0.39 is 0 Å². The van der Waals surface area contributed by atoms with Crippen molar-refractivity contribution in [2.24, 2.45) is 0 Å². The zero-order valence-corrected chi connectivity index (χ0v) is 14.7. The van der Waals surface area contributed by atoms with E-state index in [1.54, 1.807) is 38.4 Å². The molecule has 0 aromatic heterocycles. The number of rotatable bonds is 6. The summed E-state index contributed by atoms with van der Waals surface area (Å²) in [5, 5.41) is 2.85. The summed E-state index contributed by atoms with van der Waals surface area (Å²) in [6.45, 7) is 1.87. The molecule has 0 saturated carbocycles. The Morgan fingerprint density at radius 1 is 1.25 bits per heavy atom. The van der Waals surface area contributed by atoms with E-state index in [-0.39, 0.29) is 17.9 Å². The molecule has 1 aromatic rings. The molecule has 1 aliphatic heterocycles. The monoisotopic (exact) mass is 333 g/mol. The van der Waals surface area contributed by atoms with Crippen LogP contribution in [0.25, 0.3) is 0 Å². The van der Waals surface area contributed by atoms with Gasteiger partial charge in [-0.1, -0.05) is 6.07 Å². The molecule has 1 unspecified atom stereocenters. The summed E-state index contributed by atoms with van der Waals surface area (Å²) in [6, 6.07) is 7.00. The zero-order valence-electron chi connectivity index (χ0n) is 14.7. The smallest absolute Gasteiger partial charge is 0.253 e. The SMILES string of the molecule is CN(CC(=O)Nc1cccc(C(=O)N(C)C)c1)CC1CCCCO1. The van der Waals surface area contributed by atoms with Gasteiger partial charge in [-0.05, 0) is 44.5 Å². The van der Waals surface area contributed by atoms with Crippen molar-refractivity contribution in [1.82, 2.24) is 9.80 Å². The highest BCUT2D eigenvalue weighted by molar-refractivity contribution is 5.97. The van der Waals surface area contributed by atoms with E-state index >= 15 is 0 Å². The fourth-order valence-electron chi connectivity index (χ4n) is 2.80. The second-order valence-corrected chi connectivity index (χ2v) is 6.51. The van der Waals surface area contributed by atoms with E-state index in [1.807, 2.05) is 11.9 Å². The normalized spacial score (nSPS) is 17.6. The number of nitrogens with one attached hydrogen (secondary N) is 1. The highest BCUT2D eigenvalue weighted by Crippen LogP contribution is 2.14. The van der Waals surface area contributed by atoms with Crippen LogP contribution in [0.4, 0.5) is 5.69 Å². The molecule has 132 valence electrons. The minimum atomic E-state index is -0.0947. The van der Waals surface area contributed by atoms with E-state index in [0.717, 1.165) is 26.0 Å². The lowest BCUT2D eigenvalue weighted by Gasteiger charge is -2.27. The number of hydrogen-bond donors (Lipinski definition) is 1. The molecule has 0 radical (unpaired) electrons. The first-order chi connectivity index (χ1) is 11.5. The Kier molecular flexibility index (Phi) is 6.75. The third-order valence-corrected chi connectivity index (χ3v) is 4.00. The van der Waals surface area contributed by atoms with Crippen LogP contribution in [0.2, 0.25) is 0 Å². The van der Waals surface area contributed by atoms with Crippen LogP contribution in [0.1, 0.15) is 29.6 Å². The lowest BCUT2D eigenvalue weighted by molar-refractivity contribution is -0.117. The minimum absolute atomic E-state index is 0.0855. The van der Waals surface area contributed by atoms with Crippen molar-refractivity contribution in [3.05, 3.63) is 29.8 Å². The standard InChI is InChI=1S/C18H27N3O3/c1-20(2)18(23)14-7-6-8-15(11-14)19-17(22)13-21(3)12-16-9-4-5-10-24-16/h6-8,11,16H,4-5,9-10,12-13H2,1-3H3,(H,19,22). The number of benzene rings is 1. The molecular weight excluding hydrogens is 306 g/mol. The van der Waals surface area contributed by atoms with Gasteiger partial charge in [-0.2, -0.15) is 0 Å². The first kappa shape index (κ1) is 18.4. The first-order valence-electron chi connectivity index (χ1n) is 8.37. The van der Waals surface area contributed by atoms with Crippen molar-refractivity contribution in [2.75, 3.05) is 46.2 Å². The number of carbonyl (C=O) groups excluding carboxylic acids is 2. The van der Waals surface area contributed by atoms with Crippen molar-refractivity contribution < 1.29 is 14.3 Å². The molecule has 0 spiro atoms. The van der Waals surface area contributed by atoms with E-state index in [2.05, 4.69) is 5.32 Å². The Bertz CT molecular complexity index is 568. The van der Waals surface area contributed by atoms with Gasteiger partial charge in [-0.3, -0.25) is 14.5 Å². The van der Waals surface area contributed by atoms with E-state index in [0.29, 0.717) is 17.8 Å². The number of amides is 2. The summed E-state index contributed by atoms with van der Waals surface area (Å²) in [7, 11) is 5.33. The van der Waals surface area contributed by atoms with Crippen molar-refractivity contribution in [3.63, 3.8) is 0 Å². The second kappa shape index (κ2) is 8.80. The topological polar surface area (TPSA) is 61.9 Å². The summed E-state index contributed by atoms with van der Waals surface area (Å²) in [4.78, 5) is 27.6. The number of anilines is 1. The zero-order chi connectivity index (χ0) is 17.5. The quantitative estimate of drug-likeness (QED) is 0.863. The molecule has 1 N–H and O–H groups in total. The molecule has 0 bridgehead atoms. The average Bonchev–Trinajstić information content (AvgIpc) is 2.54. The Labute approximate surface area is 143 Å². The predicted octanol–water partition coefficient (Wildman–Crippen LogP) is 1.83. The largest absolute Gasteiger partial charge is 0.377 e. The van der Waals surface area contributed by atoms with Gasteiger partial charge in [0.15, 0.2) is 0 Å². The van der Waals surface area contributed by atoms with Gasteiger partial charge in [0, 0.05) is 38.5 Å². The van der Waals surface area contributed by atoms with Crippen molar-refractivity contribution in [2.45, 2.75) is 25.4 Å². The number of nitrogens with zero attached hydrogens (tertiary/aromatic N) is 2. The second-order valence-electron chi connectivity index (χ2n) is 6.51. The molecule has 1 aromatic carbocycles. The molecule has 2 amide bonds. The maximum absolute atomic E-state index is 12.2. The number of ether oxygens (including phenoxy) is 1. The highest BCUT2D eigenvalue weighted by Gasteiger charge is 2.17. The summed E-state index contributed by atoms with van der Waals surface area (Å²) in [5.41, 5.74) is 1.19. The molecule has 6 heteroatoms. The van der Waals surface area contributed by atoms with Gasteiger partial charge in [0.25, 0.3) is 5.91 Å². The number of carbonyl (C=O) groups is 2. The average molecular weight is 333 g/mol. The number of likely N-dealkylation sites (N-methyl/N-ethyl adjacent to an activating group) is 1. The maximum Gasteiger partial charge on any atom is 0.253 e. The first-order valence-corrected chi connectivity index (χ1v) is 8.37. The van der Waals surface area contributed by atoms with Gasteiger partial charge in [0.2, 0.25) is 5.91 Å². The van der Waals surface area contributed by atoms with Gasteiger partial charge in [0.05, 0.1) is 12.6 Å². The molecular formula is C18H27N3O3. The summed E-state index contributed by atoms with van der Waals surface area (Å²) < 4.78 is 5.70. The summed E-state index contributed by atoms with van der Waals surface area (Å²) >= 11 is 0. The summed E-state index contributed by atoms with van der Waals surface area (Å²) in [5.74, 6) is -0.180. The number of hydrogen-bond acceptors (Lipinski definition) is 4. The molecule has 0 aliphatic carbocycles. The molecule has 1 aliphatic rings. The third-order valence-electron chi connectivity index (χ3n) is 4.00. The Morgan fingerprint density at radius 2 is 2.04 bits per heavy atom. The Morgan fingerprint density at radius 3 is 2.71 bits per heavy atom. The van der Waals surface area contributed by atoms with Gasteiger partial charge >= 0.3 is 0 Å². The summed E-state index contributed by atoms with van der Waals surface area (Å²) in [6.07, 6.45) is 3.60. The minimum Gasteiger partial charge on any atom is -0.377 e. The van der Waals surface area contributed by atoms with Crippen LogP contribution in [0.5, 0.6) is 0 Å². The van der Waals surface area contributed by atoms with Crippen LogP contribution in [0.3, 0.4) is 0 Å². The Hall–Kier alpha value is -1.92. The van der Waals surface area contributed by atoms with E-state index in [4.69, 9.17) is 4.74 Å². The highest BCUT2D eigenvalue weighted by atomic mass is 16.5. The van der Waals surface area contributed by atoms with Gasteiger partial charge in [-0.25, -0.2) is 0 Å². The molecule has 1 fully saturated rings. The van der Waals surface area contributed by atoms with Crippen LogP contribution in [-0.4, -0.2) is 68.6 Å². The lowest BCUT2D eigenvalue weighted by Crippen LogP contribution is -2.37. The van der Waals surface area contributed by atoms with Crippen LogP contribution >= 0.6 is 0 Å². The molecule has 1 atom stereocenters. The van der Waals surface area contributed by atoms with Crippen molar-refractivity contribution in [1.29, 1.82) is 0 Å². The van der Waals surface area contributed by atoms with E-state index in [9.17, 15) is 9.59 Å². The van der Waals surface area contributed by atoms with Gasteiger partial charge < -0.3 is 15.0 Å². The van der Waals surface area contributed by atoms with Gasteiger partial charge in [-0.15, -0.1) is 0 Å². The molecule has 2 rings (SSSR count). The third kappa shape index (κ3) is 5.62.